The fraction of sp³-hybridized carbons (Fsp3) is 0.788. The Morgan fingerprint density at radius 3 is 1.82 bits per heavy atom. The molecule has 0 radical (unpaired) electrons. The lowest BCUT2D eigenvalue weighted by Gasteiger charge is -2.48. The average molecular weight is 733 g/mol. The number of ether oxygens (including phenoxy) is 7. The van der Waals surface area contributed by atoms with Crippen LogP contribution in [0, 0.1) is 17.8 Å². The molecule has 4 aliphatic heterocycles. The number of carbonyl (C=O) groups excluding carboxylic acids is 1. The third-order valence-electron chi connectivity index (χ3n) is 11.1. The highest BCUT2D eigenvalue weighted by atomic mass is 16.8. The Bertz CT molecular complexity index is 1310. The summed E-state index contributed by atoms with van der Waals surface area (Å²) in [4.78, 5) is 12.4. The first kappa shape index (κ1) is 38.8. The molecule has 288 valence electrons. The van der Waals surface area contributed by atoms with E-state index < -0.39 is 130 Å². The second-order valence-electron chi connectivity index (χ2n) is 14.1. The minimum atomic E-state index is -1.94. The Hall–Kier alpha value is -1.95. The van der Waals surface area contributed by atoms with Crippen LogP contribution in [-0.2, 0) is 38.0 Å². The van der Waals surface area contributed by atoms with Crippen molar-refractivity contribution in [2.45, 2.75) is 124 Å². The van der Waals surface area contributed by atoms with Gasteiger partial charge in [0.2, 0.25) is 0 Å². The Morgan fingerprint density at radius 2 is 1.18 bits per heavy atom. The summed E-state index contributed by atoms with van der Waals surface area (Å²) in [6, 6.07) is 0. The molecule has 18 nitrogen and oxygen atoms in total. The summed E-state index contributed by atoms with van der Waals surface area (Å²) >= 11 is 0. The van der Waals surface area contributed by atoms with Gasteiger partial charge >= 0.3 is 5.97 Å². The molecule has 6 rings (SSSR count). The molecule has 0 amide bonds. The number of hydrogen-bond acceptors (Lipinski definition) is 18. The number of carbonyl (C=O) groups is 1. The molecule has 0 aromatic carbocycles. The van der Waals surface area contributed by atoms with Crippen LogP contribution in [0.3, 0.4) is 0 Å². The van der Waals surface area contributed by atoms with Crippen LogP contribution in [0.2, 0.25) is 0 Å². The number of aliphatic hydroxyl groups excluding tert-OH is 10. The van der Waals surface area contributed by atoms with Crippen LogP contribution < -0.4 is 0 Å². The molecule has 0 bridgehead atoms. The molecule has 10 N–H and O–H groups in total. The molecule has 6 fully saturated rings. The molecule has 2 saturated carbocycles. The SMILES string of the molecule is C=C1[C@@H]2[C@H]3OC(=O)C(=C)[C@@H]3CCC(=C)[C@@H]2C[C@H]1O[C@@H]1O[C@H](CO)[C@@H](O[C@@H]2O[C@H](CO)[C@@H](O)[C@H](O[C@@H]3O[C@H](CO)[C@@H](O)[C@H](O)[C@H]3O)[C@H]2O)[C@H](O)[C@H]1O. The Labute approximate surface area is 292 Å². The highest BCUT2D eigenvalue weighted by Crippen LogP contribution is 2.53. The second-order valence-corrected chi connectivity index (χ2v) is 14.1. The fourth-order valence-corrected chi connectivity index (χ4v) is 8.14. The molecule has 51 heavy (non-hydrogen) atoms. The molecular weight excluding hydrogens is 684 g/mol. The molecule has 4 heterocycles. The van der Waals surface area contributed by atoms with Gasteiger partial charge in [0.1, 0.15) is 79.4 Å². The largest absolute Gasteiger partial charge is 0.458 e. The molecule has 4 saturated heterocycles. The van der Waals surface area contributed by atoms with Gasteiger partial charge in [-0.25, -0.2) is 4.79 Å². The predicted molar refractivity (Wildman–Crippen MR) is 166 cm³/mol. The highest BCUT2D eigenvalue weighted by Gasteiger charge is 2.57. The normalized spacial score (nSPS) is 50.5. The van der Waals surface area contributed by atoms with E-state index in [0.29, 0.717) is 30.4 Å². The van der Waals surface area contributed by atoms with Crippen LogP contribution in [-0.4, -0.2) is 181 Å². The van der Waals surface area contributed by atoms with E-state index in [-0.39, 0.29) is 17.8 Å². The maximum Gasteiger partial charge on any atom is 0.334 e. The molecule has 0 aromatic rings. The number of rotatable bonds is 9. The summed E-state index contributed by atoms with van der Waals surface area (Å²) < 4.78 is 40.0. The smallest absolute Gasteiger partial charge is 0.334 e. The first-order chi connectivity index (χ1) is 24.2. The maximum absolute atomic E-state index is 12.4. The van der Waals surface area contributed by atoms with E-state index in [2.05, 4.69) is 19.7 Å². The third kappa shape index (κ3) is 6.95. The van der Waals surface area contributed by atoms with E-state index in [1.165, 1.54) is 0 Å². The summed E-state index contributed by atoms with van der Waals surface area (Å²) in [5.41, 5.74) is 1.92. The first-order valence-corrected chi connectivity index (χ1v) is 17.0. The van der Waals surface area contributed by atoms with Crippen LogP contribution in [0.4, 0.5) is 0 Å². The van der Waals surface area contributed by atoms with Gasteiger partial charge in [-0.15, -0.1) is 0 Å². The first-order valence-electron chi connectivity index (χ1n) is 17.0. The van der Waals surface area contributed by atoms with Gasteiger partial charge in [-0.05, 0) is 30.8 Å². The van der Waals surface area contributed by atoms with Gasteiger partial charge in [-0.3, -0.25) is 0 Å². The zero-order chi connectivity index (χ0) is 37.0. The lowest BCUT2D eigenvalue weighted by molar-refractivity contribution is -0.381. The standard InChI is InChI=1S/C33H48O18/c1-10-4-5-13-11(2)30(44)49-27(13)19-12(3)15(6-14(10)19)45-31-25(42)23(40)28(18(9-36)48-31)50-33-26(43)29(21(38)17(8-35)47-33)51-32-24(41)22(39)20(37)16(7-34)46-32/h13-29,31-43H,1-9H2/t13-,14-,15+,16+,17+,18+,19-,20+,21+,22-,23+,24+,25+,26+,27-,28+,29-,31+,32-,33-/m0/s1. The molecule has 18 heteroatoms. The molecule has 6 aliphatic rings. The van der Waals surface area contributed by atoms with E-state index in [0.717, 1.165) is 5.57 Å². The van der Waals surface area contributed by atoms with Gasteiger partial charge in [0.05, 0.1) is 25.9 Å². The minimum absolute atomic E-state index is 0.149. The van der Waals surface area contributed by atoms with Gasteiger partial charge in [-0.2, -0.15) is 0 Å². The van der Waals surface area contributed by atoms with Gasteiger partial charge in [0.15, 0.2) is 18.9 Å². The number of fused-ring (bicyclic) bond motifs is 3. The summed E-state index contributed by atoms with van der Waals surface area (Å²) in [7, 11) is 0. The Morgan fingerprint density at radius 1 is 0.627 bits per heavy atom. The second kappa shape index (κ2) is 15.4. The number of aliphatic hydroxyl groups is 10. The van der Waals surface area contributed by atoms with E-state index in [1.807, 2.05) is 0 Å². The molecule has 20 atom stereocenters. The Kier molecular flexibility index (Phi) is 11.7. The predicted octanol–water partition coefficient (Wildman–Crippen LogP) is -4.54. The van der Waals surface area contributed by atoms with Crippen molar-refractivity contribution in [2.24, 2.45) is 17.8 Å². The van der Waals surface area contributed by atoms with Crippen LogP contribution in [0.25, 0.3) is 0 Å². The maximum atomic E-state index is 12.4. The van der Waals surface area contributed by atoms with Crippen molar-refractivity contribution in [3.63, 3.8) is 0 Å². The molecular formula is C33H48O18. The van der Waals surface area contributed by atoms with Crippen LogP contribution in [0.5, 0.6) is 0 Å². The van der Waals surface area contributed by atoms with Crippen molar-refractivity contribution >= 4 is 5.97 Å². The fourth-order valence-electron chi connectivity index (χ4n) is 8.14. The molecule has 2 aliphatic carbocycles. The highest BCUT2D eigenvalue weighted by molar-refractivity contribution is 5.91. The van der Waals surface area contributed by atoms with Crippen molar-refractivity contribution in [1.29, 1.82) is 0 Å². The topological polar surface area (TPSA) is 284 Å². The molecule has 0 aromatic heterocycles. The summed E-state index contributed by atoms with van der Waals surface area (Å²) in [5, 5.41) is 105. The van der Waals surface area contributed by atoms with Crippen molar-refractivity contribution in [1.82, 2.24) is 0 Å². The van der Waals surface area contributed by atoms with Crippen LogP contribution >= 0.6 is 0 Å². The zero-order valence-corrected chi connectivity index (χ0v) is 27.6. The van der Waals surface area contributed by atoms with Gasteiger partial charge in [0, 0.05) is 17.4 Å². The lowest BCUT2D eigenvalue weighted by atomic mass is 9.82. The summed E-state index contributed by atoms with van der Waals surface area (Å²) in [6.45, 7) is 9.99. The average Bonchev–Trinajstić information content (AvgIpc) is 3.54. The Balaban J connectivity index is 1.14. The quantitative estimate of drug-likeness (QED) is 0.0607. The van der Waals surface area contributed by atoms with Gasteiger partial charge in [-0.1, -0.05) is 25.3 Å². The van der Waals surface area contributed by atoms with Crippen LogP contribution in [0.1, 0.15) is 19.3 Å². The zero-order valence-electron chi connectivity index (χ0n) is 27.6. The van der Waals surface area contributed by atoms with Gasteiger partial charge < -0.3 is 84.2 Å². The molecule has 0 spiro atoms. The van der Waals surface area contributed by atoms with Crippen molar-refractivity contribution < 1.29 is 89.0 Å². The summed E-state index contributed by atoms with van der Waals surface area (Å²) in [5.74, 6) is -1.14. The number of esters is 1. The van der Waals surface area contributed by atoms with E-state index in [9.17, 15) is 55.9 Å². The minimum Gasteiger partial charge on any atom is -0.458 e. The van der Waals surface area contributed by atoms with Crippen molar-refractivity contribution in [2.75, 3.05) is 19.8 Å². The summed E-state index contributed by atoms with van der Waals surface area (Å²) in [6.07, 6.45) is -25.0. The third-order valence-corrected chi connectivity index (χ3v) is 11.1. The van der Waals surface area contributed by atoms with E-state index in [4.69, 9.17) is 33.2 Å². The van der Waals surface area contributed by atoms with E-state index >= 15 is 0 Å². The number of allylic oxidation sites excluding steroid dienone is 1. The molecule has 0 unspecified atom stereocenters. The van der Waals surface area contributed by atoms with Gasteiger partial charge in [0.25, 0.3) is 0 Å². The monoisotopic (exact) mass is 732 g/mol. The van der Waals surface area contributed by atoms with Crippen molar-refractivity contribution in [3.05, 3.63) is 36.5 Å². The van der Waals surface area contributed by atoms with Crippen molar-refractivity contribution in [3.8, 4) is 0 Å². The van der Waals surface area contributed by atoms with E-state index in [1.54, 1.807) is 0 Å². The number of hydrogen-bond donors (Lipinski definition) is 10. The van der Waals surface area contributed by atoms with Crippen LogP contribution in [0.15, 0.2) is 36.5 Å². The lowest BCUT2D eigenvalue weighted by Crippen LogP contribution is -2.67.